The maximum atomic E-state index is 3.42. The molecule has 0 aromatic heterocycles. The van der Waals surface area contributed by atoms with E-state index in [0.717, 1.165) is 10.2 Å². The summed E-state index contributed by atoms with van der Waals surface area (Å²) in [4.78, 5) is 0. The van der Waals surface area contributed by atoms with E-state index in [-0.39, 0.29) is 0 Å². The maximum Gasteiger partial charge on any atom is 0.0765 e. The molecule has 0 amide bonds. The van der Waals surface area contributed by atoms with Gasteiger partial charge in [-0.1, -0.05) is 21.9 Å². The molecule has 0 saturated heterocycles. The van der Waals surface area contributed by atoms with Crippen LogP contribution in [0.4, 0.5) is 5.69 Å². The Hall–Kier alpha value is -0.940. The molecular weight excluding hydrogens is 226 g/mol. The van der Waals surface area contributed by atoms with Gasteiger partial charge in [-0.2, -0.15) is 0 Å². The first-order valence-electron chi connectivity index (χ1n) is 4.13. The summed E-state index contributed by atoms with van der Waals surface area (Å²) >= 11 is 3.42. The summed E-state index contributed by atoms with van der Waals surface area (Å²) in [6.07, 6.45) is 0. The van der Waals surface area contributed by atoms with Crippen LogP contribution in [0, 0.1) is 18.8 Å². The molecule has 0 spiro atoms. The van der Waals surface area contributed by atoms with E-state index in [2.05, 4.69) is 52.1 Å². The van der Waals surface area contributed by atoms with Crippen LogP contribution in [0.5, 0.6) is 0 Å². The monoisotopic (exact) mass is 237 g/mol. The zero-order valence-electron chi connectivity index (χ0n) is 7.82. The molecule has 0 unspecified atom stereocenters. The molecule has 1 nitrogen and oxygen atoms in total. The van der Waals surface area contributed by atoms with Crippen molar-refractivity contribution in [3.05, 3.63) is 28.2 Å². The Kier molecular flexibility index (Phi) is 3.85. The largest absolute Gasteiger partial charge is 0.374 e. The minimum atomic E-state index is 0.707. The van der Waals surface area contributed by atoms with Gasteiger partial charge >= 0.3 is 0 Å². The van der Waals surface area contributed by atoms with Gasteiger partial charge in [-0.05, 0) is 37.6 Å². The average Bonchev–Trinajstić information content (AvgIpc) is 2.09. The van der Waals surface area contributed by atoms with E-state index in [1.807, 2.05) is 13.0 Å². The number of aryl methyl sites for hydroxylation is 1. The van der Waals surface area contributed by atoms with Gasteiger partial charge in [0.1, 0.15) is 0 Å². The molecule has 0 saturated carbocycles. The third kappa shape index (κ3) is 3.12. The first-order valence-corrected chi connectivity index (χ1v) is 4.93. The lowest BCUT2D eigenvalue weighted by Gasteiger charge is -2.06. The minimum absolute atomic E-state index is 0.707. The van der Waals surface area contributed by atoms with Crippen LogP contribution in [0.1, 0.15) is 12.5 Å². The van der Waals surface area contributed by atoms with Crippen LogP contribution < -0.4 is 5.32 Å². The van der Waals surface area contributed by atoms with Crippen LogP contribution >= 0.6 is 15.9 Å². The van der Waals surface area contributed by atoms with Crippen molar-refractivity contribution in [2.75, 3.05) is 11.9 Å². The standard InChI is InChI=1S/C11H12BrN/c1-3-4-7-13-11-6-5-10(12)8-9(11)2/h5-6,8,13H,7H2,1-2H3. The first-order chi connectivity index (χ1) is 6.24. The molecule has 0 aliphatic rings. The fourth-order valence-electron chi connectivity index (χ4n) is 1.05. The lowest BCUT2D eigenvalue weighted by molar-refractivity contribution is 1.32. The predicted octanol–water partition coefficient (Wildman–Crippen LogP) is 3.19. The molecule has 0 aliphatic heterocycles. The number of hydrogen-bond donors (Lipinski definition) is 1. The fraction of sp³-hybridized carbons (Fsp3) is 0.273. The van der Waals surface area contributed by atoms with Gasteiger partial charge in [0.05, 0.1) is 6.54 Å². The first kappa shape index (κ1) is 10.1. The lowest BCUT2D eigenvalue weighted by atomic mass is 10.2. The number of benzene rings is 1. The summed E-state index contributed by atoms with van der Waals surface area (Å²) in [5, 5.41) is 3.25. The van der Waals surface area contributed by atoms with E-state index >= 15 is 0 Å². The molecule has 13 heavy (non-hydrogen) atoms. The SMILES string of the molecule is CC#CCNc1ccc(Br)cc1C. The predicted molar refractivity (Wildman–Crippen MR) is 60.8 cm³/mol. The van der Waals surface area contributed by atoms with Crippen LogP contribution in [0.15, 0.2) is 22.7 Å². The van der Waals surface area contributed by atoms with Gasteiger partial charge < -0.3 is 5.32 Å². The van der Waals surface area contributed by atoms with Crippen molar-refractivity contribution >= 4 is 21.6 Å². The summed E-state index contributed by atoms with van der Waals surface area (Å²) in [7, 11) is 0. The van der Waals surface area contributed by atoms with Crippen molar-refractivity contribution in [3.63, 3.8) is 0 Å². The quantitative estimate of drug-likeness (QED) is 0.780. The van der Waals surface area contributed by atoms with Crippen molar-refractivity contribution in [1.82, 2.24) is 0 Å². The van der Waals surface area contributed by atoms with Gasteiger partial charge in [-0.25, -0.2) is 0 Å². The molecule has 0 bridgehead atoms. The Morgan fingerprint density at radius 3 is 2.85 bits per heavy atom. The van der Waals surface area contributed by atoms with Gasteiger partial charge in [0, 0.05) is 10.2 Å². The summed E-state index contributed by atoms with van der Waals surface area (Å²) in [6.45, 7) is 4.63. The summed E-state index contributed by atoms with van der Waals surface area (Å²) < 4.78 is 1.11. The van der Waals surface area contributed by atoms with Crippen LogP contribution in [0.25, 0.3) is 0 Å². The van der Waals surface area contributed by atoms with E-state index < -0.39 is 0 Å². The van der Waals surface area contributed by atoms with Crippen molar-refractivity contribution < 1.29 is 0 Å². The zero-order chi connectivity index (χ0) is 9.68. The molecule has 2 heteroatoms. The van der Waals surface area contributed by atoms with Crippen molar-refractivity contribution in [3.8, 4) is 11.8 Å². The van der Waals surface area contributed by atoms with E-state index in [4.69, 9.17) is 0 Å². The third-order valence-electron chi connectivity index (χ3n) is 1.73. The van der Waals surface area contributed by atoms with Crippen molar-refractivity contribution in [1.29, 1.82) is 0 Å². The number of nitrogens with one attached hydrogen (secondary N) is 1. The molecule has 1 aromatic carbocycles. The highest BCUT2D eigenvalue weighted by molar-refractivity contribution is 9.10. The molecule has 0 radical (unpaired) electrons. The third-order valence-corrected chi connectivity index (χ3v) is 2.23. The Balaban J connectivity index is 2.70. The summed E-state index contributed by atoms with van der Waals surface area (Å²) in [5.41, 5.74) is 2.37. The zero-order valence-corrected chi connectivity index (χ0v) is 9.40. The fourth-order valence-corrected chi connectivity index (χ4v) is 1.53. The van der Waals surface area contributed by atoms with E-state index in [0.29, 0.717) is 6.54 Å². The molecule has 0 atom stereocenters. The Bertz CT molecular complexity index is 347. The van der Waals surface area contributed by atoms with Crippen LogP contribution in [0.3, 0.4) is 0 Å². The number of anilines is 1. The number of hydrogen-bond acceptors (Lipinski definition) is 1. The molecule has 1 rings (SSSR count). The minimum Gasteiger partial charge on any atom is -0.374 e. The second-order valence-electron chi connectivity index (χ2n) is 2.74. The van der Waals surface area contributed by atoms with Gasteiger partial charge in [-0.15, -0.1) is 5.92 Å². The van der Waals surface area contributed by atoms with Crippen LogP contribution in [-0.4, -0.2) is 6.54 Å². The molecular formula is C11H12BrN. The highest BCUT2D eigenvalue weighted by Crippen LogP contribution is 2.19. The van der Waals surface area contributed by atoms with E-state index in [1.165, 1.54) is 5.56 Å². The van der Waals surface area contributed by atoms with Crippen molar-refractivity contribution in [2.24, 2.45) is 0 Å². The van der Waals surface area contributed by atoms with Crippen LogP contribution in [0.2, 0.25) is 0 Å². The van der Waals surface area contributed by atoms with E-state index in [1.54, 1.807) is 0 Å². The summed E-state index contributed by atoms with van der Waals surface area (Å²) in [5.74, 6) is 5.81. The molecule has 1 aromatic rings. The van der Waals surface area contributed by atoms with Gasteiger partial charge in [0.25, 0.3) is 0 Å². The van der Waals surface area contributed by atoms with Crippen LogP contribution in [-0.2, 0) is 0 Å². The second kappa shape index (κ2) is 4.94. The topological polar surface area (TPSA) is 12.0 Å². The number of rotatable bonds is 2. The molecule has 0 aliphatic carbocycles. The normalized spacial score (nSPS) is 8.85. The van der Waals surface area contributed by atoms with Gasteiger partial charge in [-0.3, -0.25) is 0 Å². The second-order valence-corrected chi connectivity index (χ2v) is 3.66. The summed E-state index contributed by atoms with van der Waals surface area (Å²) in [6, 6.07) is 6.16. The van der Waals surface area contributed by atoms with Gasteiger partial charge in [0.15, 0.2) is 0 Å². The Labute approximate surface area is 87.7 Å². The molecule has 1 N–H and O–H groups in total. The van der Waals surface area contributed by atoms with Crippen molar-refractivity contribution in [2.45, 2.75) is 13.8 Å². The number of halogens is 1. The maximum absolute atomic E-state index is 3.42. The molecule has 68 valence electrons. The molecule has 0 heterocycles. The lowest BCUT2D eigenvalue weighted by Crippen LogP contribution is -2.00. The average molecular weight is 238 g/mol. The highest BCUT2D eigenvalue weighted by Gasteiger charge is 1.95. The van der Waals surface area contributed by atoms with Gasteiger partial charge in [0.2, 0.25) is 0 Å². The Morgan fingerprint density at radius 1 is 1.46 bits per heavy atom. The Morgan fingerprint density at radius 2 is 2.23 bits per heavy atom. The smallest absolute Gasteiger partial charge is 0.0765 e. The highest BCUT2D eigenvalue weighted by atomic mass is 79.9. The van der Waals surface area contributed by atoms with E-state index in [9.17, 15) is 0 Å². The molecule has 0 fully saturated rings.